The van der Waals surface area contributed by atoms with E-state index in [2.05, 4.69) is 42.0 Å². The lowest BCUT2D eigenvalue weighted by Gasteiger charge is -2.38. The highest BCUT2D eigenvalue weighted by Gasteiger charge is 2.24. The molecule has 2 rings (SSSR count). The highest BCUT2D eigenvalue weighted by molar-refractivity contribution is 5.47. The van der Waals surface area contributed by atoms with Crippen molar-refractivity contribution in [1.29, 1.82) is 0 Å². The first-order valence-electron chi connectivity index (χ1n) is 7.10. The molecule has 0 aliphatic carbocycles. The zero-order valence-corrected chi connectivity index (χ0v) is 11.8. The first-order chi connectivity index (χ1) is 8.68. The Labute approximate surface area is 111 Å². The number of aryl methyl sites for hydroxylation is 1. The molecule has 1 saturated heterocycles. The summed E-state index contributed by atoms with van der Waals surface area (Å²) in [5.74, 6) is 1.17. The van der Waals surface area contributed by atoms with Crippen LogP contribution in [0, 0.1) is 6.92 Å². The number of hydrogen-bond donors (Lipinski definition) is 1. The van der Waals surface area contributed by atoms with Gasteiger partial charge in [-0.3, -0.25) is 0 Å². The minimum Gasteiger partial charge on any atom is -0.352 e. The summed E-state index contributed by atoms with van der Waals surface area (Å²) in [4.78, 5) is 7.07. The van der Waals surface area contributed by atoms with Crippen molar-refractivity contribution in [2.24, 2.45) is 0 Å². The monoisotopic (exact) mass is 247 g/mol. The first kappa shape index (κ1) is 13.3. The second-order valence-corrected chi connectivity index (χ2v) is 5.55. The highest BCUT2D eigenvalue weighted by atomic mass is 15.2. The molecule has 0 bridgehead atoms. The van der Waals surface area contributed by atoms with Crippen molar-refractivity contribution in [1.82, 2.24) is 10.3 Å². The zero-order valence-electron chi connectivity index (χ0n) is 11.8. The van der Waals surface area contributed by atoms with E-state index in [4.69, 9.17) is 0 Å². The summed E-state index contributed by atoms with van der Waals surface area (Å²) in [7, 11) is 0. The Morgan fingerprint density at radius 1 is 1.44 bits per heavy atom. The van der Waals surface area contributed by atoms with Gasteiger partial charge in [-0.15, -0.1) is 0 Å². The Kier molecular flexibility index (Phi) is 4.59. The van der Waals surface area contributed by atoms with Gasteiger partial charge in [-0.2, -0.15) is 0 Å². The van der Waals surface area contributed by atoms with Crippen LogP contribution in [0.25, 0.3) is 0 Å². The zero-order chi connectivity index (χ0) is 13.0. The second kappa shape index (κ2) is 6.19. The normalized spacial score (nSPS) is 20.4. The van der Waals surface area contributed by atoms with E-state index in [0.29, 0.717) is 12.1 Å². The van der Waals surface area contributed by atoms with E-state index in [1.807, 2.05) is 12.3 Å². The molecule has 0 aromatic carbocycles. The number of aromatic nitrogens is 1. The van der Waals surface area contributed by atoms with Crippen molar-refractivity contribution in [3.05, 3.63) is 23.9 Å². The molecule has 3 heteroatoms. The summed E-state index contributed by atoms with van der Waals surface area (Å²) in [5, 5.41) is 3.56. The lowest BCUT2D eigenvalue weighted by atomic mass is 10.0. The molecule has 1 N–H and O–H groups in total. The Bertz CT molecular complexity index is 376. The molecule has 0 radical (unpaired) electrons. The van der Waals surface area contributed by atoms with Crippen molar-refractivity contribution in [2.45, 2.75) is 52.1 Å². The van der Waals surface area contributed by atoms with Crippen molar-refractivity contribution < 1.29 is 0 Å². The van der Waals surface area contributed by atoms with Crippen LogP contribution in [0.2, 0.25) is 0 Å². The van der Waals surface area contributed by atoms with Gasteiger partial charge < -0.3 is 10.2 Å². The Morgan fingerprint density at radius 3 is 3.00 bits per heavy atom. The van der Waals surface area contributed by atoms with Gasteiger partial charge >= 0.3 is 0 Å². The van der Waals surface area contributed by atoms with Crippen LogP contribution in [0.15, 0.2) is 18.3 Å². The van der Waals surface area contributed by atoms with Gasteiger partial charge in [0.25, 0.3) is 0 Å². The van der Waals surface area contributed by atoms with E-state index >= 15 is 0 Å². The molecular weight excluding hydrogens is 222 g/mol. The molecule has 1 aliphatic heterocycles. The van der Waals surface area contributed by atoms with E-state index < -0.39 is 0 Å². The molecule has 1 unspecified atom stereocenters. The van der Waals surface area contributed by atoms with Crippen LogP contribution in [0.1, 0.15) is 38.7 Å². The smallest absolute Gasteiger partial charge is 0.131 e. The second-order valence-electron chi connectivity index (χ2n) is 5.55. The van der Waals surface area contributed by atoms with Gasteiger partial charge in [0, 0.05) is 31.4 Å². The van der Waals surface area contributed by atoms with Crippen molar-refractivity contribution in [2.75, 3.05) is 18.0 Å². The number of nitrogens with one attached hydrogen (secondary N) is 1. The number of rotatable bonds is 4. The maximum atomic E-state index is 4.58. The third-order valence-corrected chi connectivity index (χ3v) is 3.64. The highest BCUT2D eigenvalue weighted by Crippen LogP contribution is 2.25. The largest absolute Gasteiger partial charge is 0.352 e. The molecule has 2 heterocycles. The number of hydrogen-bond acceptors (Lipinski definition) is 3. The molecule has 1 fully saturated rings. The minimum atomic E-state index is 0.554. The Hall–Kier alpha value is -1.09. The Balaban J connectivity index is 2.10. The van der Waals surface area contributed by atoms with Gasteiger partial charge in [0.1, 0.15) is 5.82 Å². The molecule has 0 amide bonds. The van der Waals surface area contributed by atoms with Crippen LogP contribution in [0.5, 0.6) is 0 Å². The topological polar surface area (TPSA) is 28.2 Å². The lowest BCUT2D eigenvalue weighted by molar-refractivity contribution is 0.418. The quantitative estimate of drug-likeness (QED) is 0.886. The molecule has 1 atom stereocenters. The number of piperidine rings is 1. The number of pyridine rings is 1. The van der Waals surface area contributed by atoms with Crippen LogP contribution >= 0.6 is 0 Å². The molecule has 0 spiro atoms. The van der Waals surface area contributed by atoms with Crippen molar-refractivity contribution in [3.63, 3.8) is 0 Å². The standard InChI is InChI=1S/C15H25N3/c1-12(2)17-11-14-8-4-5-10-18(14)15-13(3)7-6-9-16-15/h6-7,9,12,14,17H,4-5,8,10-11H2,1-3H3. The van der Waals surface area contributed by atoms with Crippen molar-refractivity contribution >= 4 is 5.82 Å². The van der Waals surface area contributed by atoms with E-state index in [1.54, 1.807) is 0 Å². The average molecular weight is 247 g/mol. The summed E-state index contributed by atoms with van der Waals surface area (Å²) < 4.78 is 0. The van der Waals surface area contributed by atoms with Crippen LogP contribution in [-0.2, 0) is 0 Å². The summed E-state index contributed by atoms with van der Waals surface area (Å²) in [6, 6.07) is 5.32. The Morgan fingerprint density at radius 2 is 2.28 bits per heavy atom. The molecule has 1 aromatic rings. The fourth-order valence-corrected chi connectivity index (χ4v) is 2.64. The predicted molar refractivity (Wildman–Crippen MR) is 77.1 cm³/mol. The molecule has 100 valence electrons. The van der Waals surface area contributed by atoms with Gasteiger partial charge in [0.2, 0.25) is 0 Å². The summed E-state index contributed by atoms with van der Waals surface area (Å²) >= 11 is 0. The summed E-state index contributed by atoms with van der Waals surface area (Å²) in [6.45, 7) is 8.78. The fraction of sp³-hybridized carbons (Fsp3) is 0.667. The average Bonchev–Trinajstić information content (AvgIpc) is 2.37. The third-order valence-electron chi connectivity index (χ3n) is 3.64. The molecule has 0 saturated carbocycles. The number of anilines is 1. The fourth-order valence-electron chi connectivity index (χ4n) is 2.64. The van der Waals surface area contributed by atoms with Gasteiger partial charge in [0.15, 0.2) is 0 Å². The lowest BCUT2D eigenvalue weighted by Crippen LogP contribution is -2.47. The van der Waals surface area contributed by atoms with Crippen LogP contribution in [-0.4, -0.2) is 30.2 Å². The minimum absolute atomic E-state index is 0.554. The van der Waals surface area contributed by atoms with Crippen LogP contribution in [0.3, 0.4) is 0 Å². The van der Waals surface area contributed by atoms with Gasteiger partial charge in [-0.05, 0) is 37.8 Å². The van der Waals surface area contributed by atoms with E-state index in [9.17, 15) is 0 Å². The molecule has 3 nitrogen and oxygen atoms in total. The third kappa shape index (κ3) is 3.22. The van der Waals surface area contributed by atoms with Gasteiger partial charge in [0.05, 0.1) is 0 Å². The SMILES string of the molecule is Cc1cccnc1N1CCCCC1CNC(C)C. The van der Waals surface area contributed by atoms with Crippen molar-refractivity contribution in [3.8, 4) is 0 Å². The first-order valence-corrected chi connectivity index (χ1v) is 7.10. The molecule has 18 heavy (non-hydrogen) atoms. The summed E-state index contributed by atoms with van der Waals surface area (Å²) in [5.41, 5.74) is 1.29. The maximum Gasteiger partial charge on any atom is 0.131 e. The molecule has 1 aromatic heterocycles. The van der Waals surface area contributed by atoms with E-state index in [-0.39, 0.29) is 0 Å². The summed E-state index contributed by atoms with van der Waals surface area (Å²) in [6.07, 6.45) is 5.81. The number of nitrogens with zero attached hydrogens (tertiary/aromatic N) is 2. The van der Waals surface area contributed by atoms with E-state index in [1.165, 1.54) is 30.6 Å². The molecular formula is C15H25N3. The maximum absolute atomic E-state index is 4.58. The van der Waals surface area contributed by atoms with Gasteiger partial charge in [-0.1, -0.05) is 19.9 Å². The molecule has 1 aliphatic rings. The van der Waals surface area contributed by atoms with Crippen LogP contribution in [0.4, 0.5) is 5.82 Å². The van der Waals surface area contributed by atoms with Crippen LogP contribution < -0.4 is 10.2 Å². The predicted octanol–water partition coefficient (Wildman–Crippen LogP) is 2.75. The van der Waals surface area contributed by atoms with Gasteiger partial charge in [-0.25, -0.2) is 4.98 Å². The van der Waals surface area contributed by atoms with E-state index in [0.717, 1.165) is 13.1 Å².